The highest BCUT2D eigenvalue weighted by atomic mass is 79.9. The van der Waals surface area contributed by atoms with Gasteiger partial charge >= 0.3 is 0 Å². The smallest absolute Gasteiger partial charge is 0.0521 e. The summed E-state index contributed by atoms with van der Waals surface area (Å²) < 4.78 is 1.11. The van der Waals surface area contributed by atoms with E-state index in [2.05, 4.69) is 40.4 Å². The molecule has 0 saturated carbocycles. The molecule has 1 aromatic carbocycles. The van der Waals surface area contributed by atoms with Crippen molar-refractivity contribution in [3.05, 3.63) is 33.8 Å². The van der Waals surface area contributed by atoms with E-state index in [1.807, 2.05) is 25.1 Å². The van der Waals surface area contributed by atoms with Gasteiger partial charge < -0.3 is 0 Å². The number of thiol groups is 1. The van der Waals surface area contributed by atoms with E-state index in [9.17, 15) is 0 Å². The van der Waals surface area contributed by atoms with E-state index < -0.39 is 0 Å². The van der Waals surface area contributed by atoms with Gasteiger partial charge in [0.25, 0.3) is 0 Å². The van der Waals surface area contributed by atoms with Gasteiger partial charge in [0.15, 0.2) is 0 Å². The van der Waals surface area contributed by atoms with Crippen LogP contribution < -0.4 is 0 Å². The molecule has 0 nitrogen and oxygen atoms in total. The summed E-state index contributed by atoms with van der Waals surface area (Å²) in [6, 6.07) is 6.01. The Labute approximate surface area is 86.9 Å². The number of hydrogen-bond donors (Lipinski definition) is 1. The van der Waals surface area contributed by atoms with Gasteiger partial charge in [0.05, 0.1) is 5.75 Å². The van der Waals surface area contributed by atoms with Gasteiger partial charge in [-0.2, -0.15) is 12.6 Å². The highest BCUT2D eigenvalue weighted by molar-refractivity contribution is 9.10. The average Bonchev–Trinajstić information content (AvgIpc) is 2.08. The Morgan fingerprint density at radius 1 is 1.50 bits per heavy atom. The molecule has 0 aliphatic rings. The van der Waals surface area contributed by atoms with Crippen molar-refractivity contribution in [3.8, 4) is 11.8 Å². The Hall–Kier alpha value is -0.390. The number of rotatable bonds is 0. The normalized spacial score (nSPS) is 8.92. The maximum Gasteiger partial charge on any atom is 0.0521 e. The number of benzene rings is 1. The Morgan fingerprint density at radius 3 is 2.92 bits per heavy atom. The maximum atomic E-state index is 4.03. The molecule has 0 radical (unpaired) electrons. The van der Waals surface area contributed by atoms with Crippen LogP contribution in [-0.4, -0.2) is 5.75 Å². The third-order valence-corrected chi connectivity index (χ3v) is 2.59. The van der Waals surface area contributed by atoms with Crippen LogP contribution in [0.4, 0.5) is 0 Å². The van der Waals surface area contributed by atoms with Gasteiger partial charge in [-0.25, -0.2) is 0 Å². The number of halogens is 1. The standard InChI is InChI=1S/C10H9BrS/c1-8-9(5-3-7-12)4-2-6-10(8)11/h2,4,6,12H,7H2,1H3. The van der Waals surface area contributed by atoms with Crippen LogP contribution in [0.25, 0.3) is 0 Å². The van der Waals surface area contributed by atoms with Crippen LogP contribution in [0.5, 0.6) is 0 Å². The predicted molar refractivity (Wildman–Crippen MR) is 59.6 cm³/mol. The monoisotopic (exact) mass is 240 g/mol. The summed E-state index contributed by atoms with van der Waals surface area (Å²) in [5.41, 5.74) is 2.25. The first-order valence-corrected chi connectivity index (χ1v) is 5.03. The molecule has 0 aromatic heterocycles. The first-order chi connectivity index (χ1) is 5.75. The summed E-state index contributed by atoms with van der Waals surface area (Å²) in [5.74, 6) is 6.58. The van der Waals surface area contributed by atoms with Crippen LogP contribution in [0, 0.1) is 18.8 Å². The first-order valence-electron chi connectivity index (χ1n) is 3.60. The second kappa shape index (κ2) is 4.59. The largest absolute Gasteiger partial charge is 0.166 e. The molecular formula is C10H9BrS. The first kappa shape index (κ1) is 9.70. The predicted octanol–water partition coefficient (Wildman–Crippen LogP) is 3.04. The fourth-order valence-corrected chi connectivity index (χ4v) is 1.32. The van der Waals surface area contributed by atoms with E-state index >= 15 is 0 Å². The molecule has 0 bridgehead atoms. The quantitative estimate of drug-likeness (QED) is 0.523. The Balaban J connectivity index is 3.08. The molecule has 62 valence electrons. The summed E-state index contributed by atoms with van der Waals surface area (Å²) in [4.78, 5) is 0. The van der Waals surface area contributed by atoms with Crippen LogP contribution in [0.2, 0.25) is 0 Å². The molecule has 0 saturated heterocycles. The van der Waals surface area contributed by atoms with Crippen molar-refractivity contribution < 1.29 is 0 Å². The molecule has 0 aliphatic carbocycles. The zero-order valence-electron chi connectivity index (χ0n) is 6.76. The zero-order valence-corrected chi connectivity index (χ0v) is 9.24. The van der Waals surface area contributed by atoms with E-state index in [0.717, 1.165) is 10.0 Å². The second-order valence-electron chi connectivity index (χ2n) is 2.37. The van der Waals surface area contributed by atoms with Crippen molar-refractivity contribution in [2.75, 3.05) is 5.75 Å². The molecule has 0 atom stereocenters. The lowest BCUT2D eigenvalue weighted by Gasteiger charge is -1.99. The molecule has 0 aliphatic heterocycles. The van der Waals surface area contributed by atoms with Crippen molar-refractivity contribution in [2.24, 2.45) is 0 Å². The van der Waals surface area contributed by atoms with Crippen LogP contribution in [0.3, 0.4) is 0 Å². The van der Waals surface area contributed by atoms with Crippen LogP contribution >= 0.6 is 28.6 Å². The van der Waals surface area contributed by atoms with E-state index in [-0.39, 0.29) is 0 Å². The van der Waals surface area contributed by atoms with Gasteiger partial charge in [0.1, 0.15) is 0 Å². The maximum absolute atomic E-state index is 4.03. The summed E-state index contributed by atoms with van der Waals surface area (Å²) in [6.45, 7) is 2.05. The third kappa shape index (κ3) is 2.30. The van der Waals surface area contributed by atoms with Crippen molar-refractivity contribution in [1.29, 1.82) is 0 Å². The molecule has 1 aromatic rings. The van der Waals surface area contributed by atoms with Crippen LogP contribution in [0.15, 0.2) is 22.7 Å². The third-order valence-electron chi connectivity index (χ3n) is 1.57. The molecule has 0 unspecified atom stereocenters. The fourth-order valence-electron chi connectivity index (χ4n) is 0.878. The van der Waals surface area contributed by atoms with E-state index in [1.165, 1.54) is 5.56 Å². The van der Waals surface area contributed by atoms with E-state index in [1.54, 1.807) is 0 Å². The summed E-state index contributed by atoms with van der Waals surface area (Å²) in [6.07, 6.45) is 0. The van der Waals surface area contributed by atoms with Gasteiger partial charge in [-0.1, -0.05) is 33.8 Å². The lowest BCUT2D eigenvalue weighted by atomic mass is 10.1. The van der Waals surface area contributed by atoms with Crippen molar-refractivity contribution in [2.45, 2.75) is 6.92 Å². The Morgan fingerprint density at radius 2 is 2.25 bits per heavy atom. The van der Waals surface area contributed by atoms with E-state index in [4.69, 9.17) is 0 Å². The number of hydrogen-bond acceptors (Lipinski definition) is 1. The molecule has 12 heavy (non-hydrogen) atoms. The van der Waals surface area contributed by atoms with Gasteiger partial charge in [0, 0.05) is 10.0 Å². The van der Waals surface area contributed by atoms with Crippen molar-refractivity contribution in [1.82, 2.24) is 0 Å². The van der Waals surface area contributed by atoms with Gasteiger partial charge in [0.2, 0.25) is 0 Å². The Kier molecular flexibility index (Phi) is 3.71. The molecule has 0 amide bonds. The van der Waals surface area contributed by atoms with Gasteiger partial charge in [-0.3, -0.25) is 0 Å². The van der Waals surface area contributed by atoms with Gasteiger partial charge in [-0.05, 0) is 24.6 Å². The minimum absolute atomic E-state index is 0.603. The molecule has 1 rings (SSSR count). The Bertz CT molecular complexity index is 333. The fraction of sp³-hybridized carbons (Fsp3) is 0.200. The molecule has 0 spiro atoms. The summed E-state index contributed by atoms with van der Waals surface area (Å²) in [7, 11) is 0. The topological polar surface area (TPSA) is 0 Å². The molecular weight excluding hydrogens is 232 g/mol. The minimum Gasteiger partial charge on any atom is -0.166 e. The van der Waals surface area contributed by atoms with Crippen LogP contribution in [-0.2, 0) is 0 Å². The van der Waals surface area contributed by atoms with Gasteiger partial charge in [-0.15, -0.1) is 0 Å². The van der Waals surface area contributed by atoms with Crippen LogP contribution in [0.1, 0.15) is 11.1 Å². The molecule has 0 fully saturated rings. The molecule has 0 heterocycles. The zero-order chi connectivity index (χ0) is 8.97. The van der Waals surface area contributed by atoms with Crippen molar-refractivity contribution in [3.63, 3.8) is 0 Å². The minimum atomic E-state index is 0.603. The molecule has 0 N–H and O–H groups in total. The second-order valence-corrected chi connectivity index (χ2v) is 3.54. The lowest BCUT2D eigenvalue weighted by molar-refractivity contribution is 1.40. The summed E-state index contributed by atoms with van der Waals surface area (Å²) in [5, 5.41) is 0. The molecule has 2 heteroatoms. The van der Waals surface area contributed by atoms with E-state index in [0.29, 0.717) is 5.75 Å². The highest BCUT2D eigenvalue weighted by Gasteiger charge is 1.96. The summed E-state index contributed by atoms with van der Waals surface area (Å²) >= 11 is 7.48. The SMILES string of the molecule is Cc1c(Br)cccc1C#CCS. The van der Waals surface area contributed by atoms with Crippen molar-refractivity contribution >= 4 is 28.6 Å². The highest BCUT2D eigenvalue weighted by Crippen LogP contribution is 2.18. The lowest BCUT2D eigenvalue weighted by Crippen LogP contribution is -1.82. The average molecular weight is 241 g/mol.